The van der Waals surface area contributed by atoms with E-state index in [9.17, 15) is 0 Å². The van der Waals surface area contributed by atoms with E-state index in [1.807, 2.05) is 0 Å². The van der Waals surface area contributed by atoms with Crippen molar-refractivity contribution in [1.82, 2.24) is 0 Å². The molecule has 1 saturated carbocycles. The van der Waals surface area contributed by atoms with Crippen molar-refractivity contribution in [3.8, 4) is 0 Å². The SMILES string of the molecule is CC1(C)[C@@H]2C=C[C@]1(C)CC2. The standard InChI is InChI=1S/C10H16/c1-9(2)8-4-6-10(9,3)7-5-8/h4,6,8H,5,7H2,1-3H3/t8-,10-/m1/s1. The minimum absolute atomic E-state index is 0.525. The molecule has 0 aromatic rings. The molecule has 0 nitrogen and oxygen atoms in total. The lowest BCUT2D eigenvalue weighted by atomic mass is 9.71. The zero-order valence-corrected chi connectivity index (χ0v) is 7.15. The zero-order valence-electron chi connectivity index (χ0n) is 7.15. The summed E-state index contributed by atoms with van der Waals surface area (Å²) in [6, 6.07) is 0. The molecule has 2 atom stereocenters. The van der Waals surface area contributed by atoms with Crippen LogP contribution >= 0.6 is 0 Å². The molecule has 0 aromatic heterocycles. The highest BCUT2D eigenvalue weighted by atomic mass is 14.6. The van der Waals surface area contributed by atoms with Gasteiger partial charge in [-0.05, 0) is 29.6 Å². The second-order valence-electron chi connectivity index (χ2n) is 4.64. The van der Waals surface area contributed by atoms with Crippen molar-refractivity contribution in [1.29, 1.82) is 0 Å². The molecular weight excluding hydrogens is 120 g/mol. The van der Waals surface area contributed by atoms with Crippen molar-refractivity contribution in [3.05, 3.63) is 12.2 Å². The van der Waals surface area contributed by atoms with Crippen molar-refractivity contribution in [3.63, 3.8) is 0 Å². The topological polar surface area (TPSA) is 0 Å². The van der Waals surface area contributed by atoms with Gasteiger partial charge in [-0.2, -0.15) is 0 Å². The fourth-order valence-corrected chi connectivity index (χ4v) is 2.53. The second kappa shape index (κ2) is 1.49. The highest BCUT2D eigenvalue weighted by Crippen LogP contribution is 2.61. The van der Waals surface area contributed by atoms with E-state index in [1.54, 1.807) is 0 Å². The van der Waals surface area contributed by atoms with E-state index in [2.05, 4.69) is 32.9 Å². The van der Waals surface area contributed by atoms with Gasteiger partial charge in [0.25, 0.3) is 0 Å². The highest BCUT2D eigenvalue weighted by molar-refractivity contribution is 5.22. The smallest absolute Gasteiger partial charge is 0.00895 e. The average molecular weight is 136 g/mol. The lowest BCUT2D eigenvalue weighted by Crippen LogP contribution is -2.27. The quantitative estimate of drug-likeness (QED) is 0.449. The molecule has 2 aliphatic rings. The number of fused-ring (bicyclic) bond motifs is 2. The minimum atomic E-state index is 0.525. The second-order valence-corrected chi connectivity index (χ2v) is 4.64. The molecule has 0 spiro atoms. The lowest BCUT2D eigenvalue weighted by Gasteiger charge is -2.33. The number of rotatable bonds is 0. The number of hydrogen-bond donors (Lipinski definition) is 0. The molecule has 56 valence electrons. The summed E-state index contributed by atoms with van der Waals surface area (Å²) in [6.07, 6.45) is 7.67. The zero-order chi connectivity index (χ0) is 7.41. The summed E-state index contributed by atoms with van der Waals surface area (Å²) in [5.74, 6) is 0.873. The molecule has 0 unspecified atom stereocenters. The van der Waals surface area contributed by atoms with Gasteiger partial charge >= 0.3 is 0 Å². The van der Waals surface area contributed by atoms with Gasteiger partial charge in [0.15, 0.2) is 0 Å². The van der Waals surface area contributed by atoms with E-state index in [0.717, 1.165) is 5.92 Å². The Bertz CT molecular complexity index is 188. The molecule has 2 aliphatic carbocycles. The van der Waals surface area contributed by atoms with Gasteiger partial charge in [0.1, 0.15) is 0 Å². The Labute approximate surface area is 63.3 Å². The largest absolute Gasteiger partial charge is 0.0843 e. The van der Waals surface area contributed by atoms with E-state index < -0.39 is 0 Å². The molecule has 2 rings (SSSR count). The van der Waals surface area contributed by atoms with E-state index in [0.29, 0.717) is 10.8 Å². The first-order valence-corrected chi connectivity index (χ1v) is 4.26. The van der Waals surface area contributed by atoms with Crippen LogP contribution in [0.2, 0.25) is 0 Å². The Kier molecular flexibility index (Phi) is 0.962. The van der Waals surface area contributed by atoms with Gasteiger partial charge < -0.3 is 0 Å². The van der Waals surface area contributed by atoms with Gasteiger partial charge in [0.05, 0.1) is 0 Å². The summed E-state index contributed by atoms with van der Waals surface area (Å²) in [5.41, 5.74) is 1.07. The molecule has 0 radical (unpaired) electrons. The maximum Gasteiger partial charge on any atom is -0.00895 e. The highest BCUT2D eigenvalue weighted by Gasteiger charge is 2.52. The maximum atomic E-state index is 2.43. The first-order chi connectivity index (χ1) is 4.56. The third-order valence-corrected chi connectivity index (χ3v) is 4.07. The van der Waals surface area contributed by atoms with Crippen LogP contribution in [-0.4, -0.2) is 0 Å². The van der Waals surface area contributed by atoms with Gasteiger partial charge in [-0.3, -0.25) is 0 Å². The molecular formula is C10H16. The van der Waals surface area contributed by atoms with E-state index in [1.165, 1.54) is 12.8 Å². The molecule has 0 heterocycles. The Balaban J connectivity index is 2.45. The maximum absolute atomic E-state index is 2.43. The first kappa shape index (κ1) is 6.45. The summed E-state index contributed by atoms with van der Waals surface area (Å²) in [7, 11) is 0. The third-order valence-electron chi connectivity index (χ3n) is 4.07. The van der Waals surface area contributed by atoms with Crippen LogP contribution in [0.1, 0.15) is 33.6 Å². The van der Waals surface area contributed by atoms with Crippen LogP contribution in [0.4, 0.5) is 0 Å². The predicted octanol–water partition coefficient (Wildman–Crippen LogP) is 3.00. The van der Waals surface area contributed by atoms with Crippen LogP contribution in [0.15, 0.2) is 12.2 Å². The van der Waals surface area contributed by atoms with Crippen LogP contribution in [-0.2, 0) is 0 Å². The van der Waals surface area contributed by atoms with Crippen LogP contribution in [0.5, 0.6) is 0 Å². The summed E-state index contributed by atoms with van der Waals surface area (Å²) >= 11 is 0. The first-order valence-electron chi connectivity index (χ1n) is 4.26. The number of hydrogen-bond acceptors (Lipinski definition) is 0. The van der Waals surface area contributed by atoms with E-state index >= 15 is 0 Å². The van der Waals surface area contributed by atoms with Crippen molar-refractivity contribution in [2.24, 2.45) is 16.7 Å². The van der Waals surface area contributed by atoms with Crippen LogP contribution in [0, 0.1) is 16.7 Å². The summed E-state index contributed by atoms with van der Waals surface area (Å²) < 4.78 is 0. The van der Waals surface area contributed by atoms with Gasteiger partial charge in [0.2, 0.25) is 0 Å². The molecule has 0 aromatic carbocycles. The Morgan fingerprint density at radius 2 is 2.00 bits per heavy atom. The summed E-state index contributed by atoms with van der Waals surface area (Å²) in [5, 5.41) is 0. The summed E-state index contributed by atoms with van der Waals surface area (Å²) in [4.78, 5) is 0. The van der Waals surface area contributed by atoms with E-state index in [4.69, 9.17) is 0 Å². The molecule has 10 heavy (non-hydrogen) atoms. The van der Waals surface area contributed by atoms with Crippen LogP contribution in [0.3, 0.4) is 0 Å². The molecule has 0 N–H and O–H groups in total. The Hall–Kier alpha value is -0.260. The third kappa shape index (κ3) is 0.492. The fourth-order valence-electron chi connectivity index (χ4n) is 2.53. The normalized spacial score (nSPS) is 48.5. The fraction of sp³-hybridized carbons (Fsp3) is 0.800. The van der Waals surface area contributed by atoms with Gasteiger partial charge in [-0.15, -0.1) is 0 Å². The lowest BCUT2D eigenvalue weighted by molar-refractivity contribution is 0.182. The van der Waals surface area contributed by atoms with E-state index in [-0.39, 0.29) is 0 Å². The van der Waals surface area contributed by atoms with Crippen molar-refractivity contribution in [2.45, 2.75) is 33.6 Å². The van der Waals surface area contributed by atoms with Crippen LogP contribution < -0.4 is 0 Å². The number of allylic oxidation sites excluding steroid dienone is 2. The molecule has 1 fully saturated rings. The molecule has 0 amide bonds. The summed E-state index contributed by atoms with van der Waals surface area (Å²) in [6.45, 7) is 7.21. The van der Waals surface area contributed by atoms with Crippen molar-refractivity contribution < 1.29 is 0 Å². The van der Waals surface area contributed by atoms with Gasteiger partial charge in [-0.25, -0.2) is 0 Å². The Morgan fingerprint density at radius 3 is 2.10 bits per heavy atom. The van der Waals surface area contributed by atoms with Gasteiger partial charge in [-0.1, -0.05) is 32.9 Å². The van der Waals surface area contributed by atoms with Gasteiger partial charge in [0, 0.05) is 0 Å². The molecule has 2 bridgehead atoms. The minimum Gasteiger partial charge on any atom is -0.0843 e. The predicted molar refractivity (Wildman–Crippen MR) is 43.8 cm³/mol. The average Bonchev–Trinajstić information content (AvgIpc) is 2.18. The molecule has 0 saturated heterocycles. The Morgan fingerprint density at radius 1 is 1.30 bits per heavy atom. The molecule has 0 heteroatoms. The van der Waals surface area contributed by atoms with Crippen LogP contribution in [0.25, 0.3) is 0 Å². The monoisotopic (exact) mass is 136 g/mol. The van der Waals surface area contributed by atoms with Crippen molar-refractivity contribution >= 4 is 0 Å². The van der Waals surface area contributed by atoms with Crippen molar-refractivity contribution in [2.75, 3.05) is 0 Å². The molecule has 0 aliphatic heterocycles.